The number of hydrogen-bond acceptors (Lipinski definition) is 4. The van der Waals surface area contributed by atoms with Crippen molar-refractivity contribution < 1.29 is 19.0 Å². The fraction of sp³-hybridized carbons (Fsp3) is 0.136. The van der Waals surface area contributed by atoms with Crippen molar-refractivity contribution >= 4 is 23.2 Å². The lowest BCUT2D eigenvalue weighted by molar-refractivity contribution is -0.118. The van der Waals surface area contributed by atoms with Gasteiger partial charge in [-0.3, -0.25) is 4.79 Å². The Morgan fingerprint density at radius 2 is 1.71 bits per heavy atom. The number of methoxy groups -OCH3 is 2. The first kappa shape index (κ1) is 19.6. The SMILES string of the molecule is COc1ccc(-c2cc(NC(=O)COc3cccc(Cl)c3)ccc2OC)cc1. The smallest absolute Gasteiger partial charge is 0.262 e. The van der Waals surface area contributed by atoms with Crippen molar-refractivity contribution in [2.45, 2.75) is 0 Å². The molecule has 0 unspecified atom stereocenters. The highest BCUT2D eigenvalue weighted by molar-refractivity contribution is 6.30. The summed E-state index contributed by atoms with van der Waals surface area (Å²) in [6.07, 6.45) is 0. The number of amides is 1. The van der Waals surface area contributed by atoms with Gasteiger partial charge in [-0.15, -0.1) is 0 Å². The van der Waals surface area contributed by atoms with Crippen molar-refractivity contribution in [3.05, 3.63) is 71.8 Å². The quantitative estimate of drug-likeness (QED) is 0.606. The molecule has 0 aliphatic heterocycles. The summed E-state index contributed by atoms with van der Waals surface area (Å²) in [5, 5.41) is 3.39. The van der Waals surface area contributed by atoms with Gasteiger partial charge in [0.15, 0.2) is 6.61 Å². The van der Waals surface area contributed by atoms with E-state index in [0.29, 0.717) is 22.2 Å². The second-order valence-electron chi connectivity index (χ2n) is 5.94. The summed E-state index contributed by atoms with van der Waals surface area (Å²) < 4.78 is 16.1. The van der Waals surface area contributed by atoms with Gasteiger partial charge in [0.1, 0.15) is 17.2 Å². The third-order valence-electron chi connectivity index (χ3n) is 4.05. The monoisotopic (exact) mass is 397 g/mol. The van der Waals surface area contributed by atoms with E-state index >= 15 is 0 Å². The van der Waals surface area contributed by atoms with Crippen molar-refractivity contribution in [1.29, 1.82) is 0 Å². The molecule has 0 fully saturated rings. The molecule has 1 N–H and O–H groups in total. The van der Waals surface area contributed by atoms with Crippen LogP contribution in [0.4, 0.5) is 5.69 Å². The van der Waals surface area contributed by atoms with Gasteiger partial charge in [0.05, 0.1) is 14.2 Å². The van der Waals surface area contributed by atoms with Gasteiger partial charge in [-0.25, -0.2) is 0 Å². The average Bonchev–Trinajstić information content (AvgIpc) is 2.72. The molecular formula is C22H20ClNO4. The van der Waals surface area contributed by atoms with Crippen LogP contribution >= 0.6 is 11.6 Å². The number of halogens is 1. The molecule has 3 rings (SSSR count). The van der Waals surface area contributed by atoms with Crippen molar-refractivity contribution in [2.24, 2.45) is 0 Å². The molecule has 0 bridgehead atoms. The minimum Gasteiger partial charge on any atom is -0.497 e. The maximum atomic E-state index is 12.2. The fourth-order valence-electron chi connectivity index (χ4n) is 2.68. The molecule has 0 heterocycles. The van der Waals surface area contributed by atoms with E-state index in [-0.39, 0.29) is 12.5 Å². The predicted octanol–water partition coefficient (Wildman–Crippen LogP) is 5.04. The zero-order chi connectivity index (χ0) is 19.9. The maximum Gasteiger partial charge on any atom is 0.262 e. The van der Waals surface area contributed by atoms with Crippen LogP contribution in [0.2, 0.25) is 5.02 Å². The van der Waals surface area contributed by atoms with Gasteiger partial charge < -0.3 is 19.5 Å². The van der Waals surface area contributed by atoms with Crippen LogP contribution < -0.4 is 19.5 Å². The topological polar surface area (TPSA) is 56.8 Å². The highest BCUT2D eigenvalue weighted by Crippen LogP contribution is 2.33. The Kier molecular flexibility index (Phi) is 6.40. The molecule has 0 aromatic heterocycles. The first-order valence-corrected chi connectivity index (χ1v) is 8.97. The number of carbonyl (C=O) groups excluding carboxylic acids is 1. The van der Waals surface area contributed by atoms with E-state index in [1.54, 1.807) is 44.6 Å². The first-order chi connectivity index (χ1) is 13.6. The average molecular weight is 398 g/mol. The highest BCUT2D eigenvalue weighted by atomic mass is 35.5. The van der Waals surface area contributed by atoms with Gasteiger partial charge in [-0.05, 0) is 54.1 Å². The van der Waals surface area contributed by atoms with E-state index < -0.39 is 0 Å². The normalized spacial score (nSPS) is 10.2. The van der Waals surface area contributed by atoms with Crippen LogP contribution in [0.5, 0.6) is 17.2 Å². The Hall–Kier alpha value is -3.18. The van der Waals surface area contributed by atoms with E-state index in [4.69, 9.17) is 25.8 Å². The number of ether oxygens (including phenoxy) is 3. The number of hydrogen-bond donors (Lipinski definition) is 1. The molecule has 3 aromatic rings. The molecule has 5 nitrogen and oxygen atoms in total. The van der Waals surface area contributed by atoms with Gasteiger partial charge in [0.25, 0.3) is 5.91 Å². The Balaban J connectivity index is 1.72. The Morgan fingerprint density at radius 3 is 2.39 bits per heavy atom. The van der Waals surface area contributed by atoms with Gasteiger partial charge in [0, 0.05) is 16.3 Å². The van der Waals surface area contributed by atoms with E-state index in [1.807, 2.05) is 36.4 Å². The second-order valence-corrected chi connectivity index (χ2v) is 6.37. The Morgan fingerprint density at radius 1 is 0.929 bits per heavy atom. The lowest BCUT2D eigenvalue weighted by atomic mass is 10.0. The third-order valence-corrected chi connectivity index (χ3v) is 4.29. The summed E-state index contributed by atoms with van der Waals surface area (Å²) >= 11 is 5.91. The van der Waals surface area contributed by atoms with Crippen molar-refractivity contribution in [1.82, 2.24) is 0 Å². The Bertz CT molecular complexity index is 957. The maximum absolute atomic E-state index is 12.2. The molecule has 3 aromatic carbocycles. The minimum absolute atomic E-state index is 0.121. The van der Waals surface area contributed by atoms with Crippen LogP contribution in [-0.4, -0.2) is 26.7 Å². The van der Waals surface area contributed by atoms with Crippen molar-refractivity contribution in [2.75, 3.05) is 26.1 Å². The van der Waals surface area contributed by atoms with Crippen LogP contribution in [0.15, 0.2) is 66.7 Å². The number of rotatable bonds is 7. The molecule has 1 amide bonds. The standard InChI is InChI=1S/C22H20ClNO4/c1-26-18-9-6-15(7-10-18)20-13-17(8-11-21(20)27-2)24-22(25)14-28-19-5-3-4-16(23)12-19/h3-13H,14H2,1-2H3,(H,24,25). The molecule has 6 heteroatoms. The van der Waals surface area contributed by atoms with E-state index in [2.05, 4.69) is 5.32 Å². The van der Waals surface area contributed by atoms with Gasteiger partial charge in [-0.2, -0.15) is 0 Å². The predicted molar refractivity (Wildman–Crippen MR) is 111 cm³/mol. The number of nitrogens with one attached hydrogen (secondary N) is 1. The molecule has 0 atom stereocenters. The van der Waals surface area contributed by atoms with E-state index in [0.717, 1.165) is 16.9 Å². The van der Waals surface area contributed by atoms with Crippen LogP contribution in [0.1, 0.15) is 0 Å². The van der Waals surface area contributed by atoms with Gasteiger partial charge in [-0.1, -0.05) is 29.8 Å². The molecule has 0 spiro atoms. The van der Waals surface area contributed by atoms with Crippen LogP contribution in [0.25, 0.3) is 11.1 Å². The number of carbonyl (C=O) groups is 1. The number of anilines is 1. The molecule has 28 heavy (non-hydrogen) atoms. The van der Waals surface area contributed by atoms with Crippen LogP contribution in [0, 0.1) is 0 Å². The summed E-state index contributed by atoms with van der Waals surface area (Å²) in [6.45, 7) is -0.121. The molecule has 0 saturated carbocycles. The van der Waals surface area contributed by atoms with Crippen LogP contribution in [-0.2, 0) is 4.79 Å². The van der Waals surface area contributed by atoms with Gasteiger partial charge in [0.2, 0.25) is 0 Å². The zero-order valence-corrected chi connectivity index (χ0v) is 16.3. The lowest BCUT2D eigenvalue weighted by Gasteiger charge is -2.13. The van der Waals surface area contributed by atoms with Crippen molar-refractivity contribution in [3.8, 4) is 28.4 Å². The fourth-order valence-corrected chi connectivity index (χ4v) is 2.86. The summed E-state index contributed by atoms with van der Waals surface area (Å²) in [5.41, 5.74) is 2.45. The third kappa shape index (κ3) is 4.96. The first-order valence-electron chi connectivity index (χ1n) is 8.59. The molecule has 0 aliphatic carbocycles. The second kappa shape index (κ2) is 9.15. The molecule has 0 radical (unpaired) electrons. The minimum atomic E-state index is -0.272. The summed E-state index contributed by atoms with van der Waals surface area (Å²) in [5.74, 6) is 1.74. The van der Waals surface area contributed by atoms with E-state index in [9.17, 15) is 4.79 Å². The Labute approximate surface area is 168 Å². The lowest BCUT2D eigenvalue weighted by Crippen LogP contribution is -2.20. The molecule has 144 valence electrons. The van der Waals surface area contributed by atoms with Crippen molar-refractivity contribution in [3.63, 3.8) is 0 Å². The highest BCUT2D eigenvalue weighted by Gasteiger charge is 2.10. The summed E-state index contributed by atoms with van der Waals surface area (Å²) in [4.78, 5) is 12.2. The van der Waals surface area contributed by atoms with E-state index in [1.165, 1.54) is 0 Å². The largest absolute Gasteiger partial charge is 0.497 e. The molecule has 0 aliphatic rings. The molecular weight excluding hydrogens is 378 g/mol. The van der Waals surface area contributed by atoms with Crippen LogP contribution in [0.3, 0.4) is 0 Å². The zero-order valence-electron chi connectivity index (χ0n) is 15.6. The van der Waals surface area contributed by atoms with Gasteiger partial charge >= 0.3 is 0 Å². The number of benzene rings is 3. The summed E-state index contributed by atoms with van der Waals surface area (Å²) in [6, 6.07) is 20.0. The summed E-state index contributed by atoms with van der Waals surface area (Å²) in [7, 11) is 3.23. The molecule has 0 saturated heterocycles.